The number of fused-ring (bicyclic) bond motifs is 1. The number of para-hydroxylation sites is 1. The van der Waals surface area contributed by atoms with Gasteiger partial charge in [0.05, 0.1) is 20.6 Å². The fraction of sp³-hybridized carbons (Fsp3) is 0.300. The van der Waals surface area contributed by atoms with E-state index in [4.69, 9.17) is 0 Å². The standard InChI is InChI=1S/C20H19FN2OS/c21-15-8-6-14(7-9-15)20(11-3-12-20)19(24)22-13-10-18-23-16-4-1-2-5-17(16)25-18/h1-2,4-9H,3,10-13H2,(H,22,24). The second-order valence-electron chi connectivity index (χ2n) is 6.52. The van der Waals surface area contributed by atoms with Crippen molar-refractivity contribution in [2.75, 3.05) is 6.54 Å². The number of carbonyl (C=O) groups is 1. The topological polar surface area (TPSA) is 42.0 Å². The van der Waals surface area contributed by atoms with E-state index >= 15 is 0 Å². The maximum atomic E-state index is 13.2. The molecule has 3 aromatic rings. The Morgan fingerprint density at radius 1 is 1.16 bits per heavy atom. The molecule has 1 aliphatic rings. The third-order valence-corrected chi connectivity index (χ3v) is 6.10. The molecule has 1 aliphatic carbocycles. The number of thiazole rings is 1. The Bertz CT molecular complexity index is 866. The molecular formula is C20H19FN2OS. The molecule has 0 spiro atoms. The number of rotatable bonds is 5. The molecule has 128 valence electrons. The SMILES string of the molecule is O=C(NCCc1nc2ccccc2s1)C1(c2ccc(F)cc2)CCC1. The van der Waals surface area contributed by atoms with Gasteiger partial charge in [-0.05, 0) is 42.7 Å². The third kappa shape index (κ3) is 3.04. The van der Waals surface area contributed by atoms with Crippen molar-refractivity contribution in [2.45, 2.75) is 31.1 Å². The van der Waals surface area contributed by atoms with Crippen LogP contribution in [-0.4, -0.2) is 17.4 Å². The molecule has 25 heavy (non-hydrogen) atoms. The summed E-state index contributed by atoms with van der Waals surface area (Å²) in [6, 6.07) is 14.4. The van der Waals surface area contributed by atoms with Crippen molar-refractivity contribution < 1.29 is 9.18 Å². The molecule has 1 amide bonds. The van der Waals surface area contributed by atoms with Crippen LogP contribution in [0, 0.1) is 5.82 Å². The van der Waals surface area contributed by atoms with Crippen LogP contribution in [-0.2, 0) is 16.6 Å². The van der Waals surface area contributed by atoms with E-state index in [1.165, 1.54) is 16.8 Å². The van der Waals surface area contributed by atoms with Crippen molar-refractivity contribution in [2.24, 2.45) is 0 Å². The van der Waals surface area contributed by atoms with Gasteiger partial charge in [0.25, 0.3) is 0 Å². The van der Waals surface area contributed by atoms with Crippen LogP contribution in [0.4, 0.5) is 4.39 Å². The lowest BCUT2D eigenvalue weighted by molar-refractivity contribution is -0.129. The van der Waals surface area contributed by atoms with Gasteiger partial charge in [0.1, 0.15) is 5.82 Å². The number of carbonyl (C=O) groups excluding carboxylic acids is 1. The van der Waals surface area contributed by atoms with Crippen LogP contribution in [0.5, 0.6) is 0 Å². The van der Waals surface area contributed by atoms with E-state index in [1.807, 2.05) is 18.2 Å². The zero-order valence-corrected chi connectivity index (χ0v) is 14.6. The molecular weight excluding hydrogens is 335 g/mol. The average molecular weight is 354 g/mol. The molecule has 5 heteroatoms. The van der Waals surface area contributed by atoms with Crippen LogP contribution < -0.4 is 5.32 Å². The van der Waals surface area contributed by atoms with Gasteiger partial charge in [0.2, 0.25) is 5.91 Å². The first kappa shape index (κ1) is 16.2. The lowest BCUT2D eigenvalue weighted by atomic mass is 9.64. The molecule has 1 aromatic heterocycles. The third-order valence-electron chi connectivity index (χ3n) is 5.00. The van der Waals surface area contributed by atoms with Crippen LogP contribution >= 0.6 is 11.3 Å². The van der Waals surface area contributed by atoms with Gasteiger partial charge in [0, 0.05) is 13.0 Å². The monoisotopic (exact) mass is 354 g/mol. The molecule has 0 radical (unpaired) electrons. The van der Waals surface area contributed by atoms with Crippen molar-refractivity contribution in [1.82, 2.24) is 10.3 Å². The van der Waals surface area contributed by atoms with E-state index in [0.29, 0.717) is 6.54 Å². The van der Waals surface area contributed by atoms with Gasteiger partial charge < -0.3 is 5.32 Å². The number of nitrogens with one attached hydrogen (secondary N) is 1. The maximum Gasteiger partial charge on any atom is 0.230 e. The molecule has 1 fully saturated rings. The van der Waals surface area contributed by atoms with Crippen LogP contribution in [0.25, 0.3) is 10.2 Å². The zero-order valence-electron chi connectivity index (χ0n) is 13.8. The summed E-state index contributed by atoms with van der Waals surface area (Å²) in [5, 5.41) is 4.10. The van der Waals surface area contributed by atoms with Crippen molar-refractivity contribution >= 4 is 27.5 Å². The van der Waals surface area contributed by atoms with Crippen LogP contribution in [0.15, 0.2) is 48.5 Å². The molecule has 1 N–H and O–H groups in total. The van der Waals surface area contributed by atoms with Gasteiger partial charge in [-0.3, -0.25) is 4.79 Å². The minimum atomic E-state index is -0.485. The first-order chi connectivity index (χ1) is 12.2. The van der Waals surface area contributed by atoms with Crippen LogP contribution in [0.2, 0.25) is 0 Å². The number of hydrogen-bond donors (Lipinski definition) is 1. The Morgan fingerprint density at radius 3 is 2.60 bits per heavy atom. The number of aromatic nitrogens is 1. The summed E-state index contributed by atoms with van der Waals surface area (Å²) in [4.78, 5) is 17.4. The Labute approximate surface area is 149 Å². The summed E-state index contributed by atoms with van der Waals surface area (Å²) < 4.78 is 14.3. The van der Waals surface area contributed by atoms with Crippen molar-refractivity contribution in [3.05, 3.63) is 64.9 Å². The minimum Gasteiger partial charge on any atom is -0.355 e. The van der Waals surface area contributed by atoms with Gasteiger partial charge in [-0.15, -0.1) is 11.3 Å². The first-order valence-corrected chi connectivity index (χ1v) is 9.38. The lowest BCUT2D eigenvalue weighted by Crippen LogP contribution is -2.49. The van der Waals surface area contributed by atoms with Gasteiger partial charge in [-0.25, -0.2) is 9.37 Å². The molecule has 1 heterocycles. The molecule has 0 unspecified atom stereocenters. The highest BCUT2D eigenvalue weighted by molar-refractivity contribution is 7.18. The summed E-state index contributed by atoms with van der Waals surface area (Å²) in [5.74, 6) is -0.221. The molecule has 4 rings (SSSR count). The van der Waals surface area contributed by atoms with Gasteiger partial charge in [-0.1, -0.05) is 30.7 Å². The summed E-state index contributed by atoms with van der Waals surface area (Å²) in [6.07, 6.45) is 3.41. The highest BCUT2D eigenvalue weighted by atomic mass is 32.1. The summed E-state index contributed by atoms with van der Waals surface area (Å²) >= 11 is 1.67. The quantitative estimate of drug-likeness (QED) is 0.745. The first-order valence-electron chi connectivity index (χ1n) is 8.56. The van der Waals surface area contributed by atoms with E-state index < -0.39 is 5.41 Å². The minimum absolute atomic E-state index is 0.0477. The molecule has 0 bridgehead atoms. The second kappa shape index (κ2) is 6.56. The summed E-state index contributed by atoms with van der Waals surface area (Å²) in [5.41, 5.74) is 1.44. The molecule has 3 nitrogen and oxygen atoms in total. The van der Waals surface area contributed by atoms with E-state index in [2.05, 4.69) is 16.4 Å². The number of nitrogens with zero attached hydrogens (tertiary/aromatic N) is 1. The smallest absolute Gasteiger partial charge is 0.230 e. The number of halogens is 1. The van der Waals surface area contributed by atoms with E-state index in [0.717, 1.165) is 41.8 Å². The van der Waals surface area contributed by atoms with Gasteiger partial charge >= 0.3 is 0 Å². The second-order valence-corrected chi connectivity index (χ2v) is 7.64. The van der Waals surface area contributed by atoms with Crippen molar-refractivity contribution in [3.63, 3.8) is 0 Å². The van der Waals surface area contributed by atoms with Crippen LogP contribution in [0.3, 0.4) is 0 Å². The molecule has 1 saturated carbocycles. The Morgan fingerprint density at radius 2 is 1.92 bits per heavy atom. The largest absolute Gasteiger partial charge is 0.355 e. The highest BCUT2D eigenvalue weighted by Gasteiger charge is 2.45. The Hall–Kier alpha value is -2.27. The normalized spacial score (nSPS) is 15.7. The van der Waals surface area contributed by atoms with E-state index in [-0.39, 0.29) is 11.7 Å². The molecule has 0 aliphatic heterocycles. The summed E-state index contributed by atoms with van der Waals surface area (Å²) in [7, 11) is 0. The fourth-order valence-corrected chi connectivity index (χ4v) is 4.39. The lowest BCUT2D eigenvalue weighted by Gasteiger charge is -2.40. The number of benzene rings is 2. The number of hydrogen-bond acceptors (Lipinski definition) is 3. The highest BCUT2D eigenvalue weighted by Crippen LogP contribution is 2.44. The zero-order chi connectivity index (χ0) is 17.3. The predicted molar refractivity (Wildman–Crippen MR) is 98.3 cm³/mol. The van der Waals surface area contributed by atoms with Crippen molar-refractivity contribution in [3.8, 4) is 0 Å². The van der Waals surface area contributed by atoms with Crippen LogP contribution in [0.1, 0.15) is 29.8 Å². The van der Waals surface area contributed by atoms with Gasteiger partial charge in [-0.2, -0.15) is 0 Å². The number of amides is 1. The molecule has 0 saturated heterocycles. The Balaban J connectivity index is 1.41. The summed E-state index contributed by atoms with van der Waals surface area (Å²) in [6.45, 7) is 0.571. The molecule has 2 aromatic carbocycles. The Kier molecular flexibility index (Phi) is 4.25. The van der Waals surface area contributed by atoms with Crippen molar-refractivity contribution in [1.29, 1.82) is 0 Å². The van der Waals surface area contributed by atoms with E-state index in [9.17, 15) is 9.18 Å². The van der Waals surface area contributed by atoms with E-state index in [1.54, 1.807) is 23.5 Å². The fourth-order valence-electron chi connectivity index (χ4n) is 3.43. The van der Waals surface area contributed by atoms with Gasteiger partial charge in [0.15, 0.2) is 0 Å². The molecule has 0 atom stereocenters. The average Bonchev–Trinajstić information content (AvgIpc) is 2.98. The maximum absolute atomic E-state index is 13.2. The predicted octanol–water partition coefficient (Wildman–Crippen LogP) is 4.22.